The van der Waals surface area contributed by atoms with Gasteiger partial charge in [-0.05, 0) is 32.0 Å². The third-order valence-electron chi connectivity index (χ3n) is 2.96. The number of halogens is 1. The SMILES string of the molecule is CCN(CC)c1ccc(SCc2ncc[nH]2)c(Cl)c1. The van der Waals surface area contributed by atoms with Crippen LogP contribution >= 0.6 is 23.4 Å². The Morgan fingerprint density at radius 2 is 2.11 bits per heavy atom. The van der Waals surface area contributed by atoms with Gasteiger partial charge in [0.15, 0.2) is 0 Å². The summed E-state index contributed by atoms with van der Waals surface area (Å²) in [6.07, 6.45) is 3.60. The molecule has 0 aliphatic rings. The number of aromatic nitrogens is 2. The van der Waals surface area contributed by atoms with Crippen LogP contribution in [-0.4, -0.2) is 23.1 Å². The highest BCUT2D eigenvalue weighted by molar-refractivity contribution is 7.98. The highest BCUT2D eigenvalue weighted by atomic mass is 35.5. The minimum absolute atomic E-state index is 0.803. The molecule has 0 saturated heterocycles. The first kappa shape index (κ1) is 14.3. The topological polar surface area (TPSA) is 31.9 Å². The van der Waals surface area contributed by atoms with Gasteiger partial charge in [-0.25, -0.2) is 4.98 Å². The standard InChI is InChI=1S/C14H18ClN3S/c1-3-18(4-2)11-5-6-13(12(15)9-11)19-10-14-16-7-8-17-14/h5-9H,3-4,10H2,1-2H3,(H,16,17). The lowest BCUT2D eigenvalue weighted by atomic mass is 10.3. The molecule has 1 aromatic heterocycles. The Morgan fingerprint density at radius 3 is 2.68 bits per heavy atom. The quantitative estimate of drug-likeness (QED) is 0.811. The van der Waals surface area contributed by atoms with Gasteiger partial charge in [0.1, 0.15) is 5.82 Å². The summed E-state index contributed by atoms with van der Waals surface area (Å²) in [6, 6.07) is 6.26. The van der Waals surface area contributed by atoms with E-state index in [1.807, 2.05) is 12.3 Å². The first-order valence-electron chi connectivity index (χ1n) is 6.40. The van der Waals surface area contributed by atoms with Crippen LogP contribution in [0.25, 0.3) is 0 Å². The van der Waals surface area contributed by atoms with Gasteiger partial charge >= 0.3 is 0 Å². The molecule has 2 aromatic rings. The minimum atomic E-state index is 0.803. The molecule has 0 aliphatic carbocycles. The molecule has 102 valence electrons. The lowest BCUT2D eigenvalue weighted by Crippen LogP contribution is -2.21. The predicted molar refractivity (Wildman–Crippen MR) is 83.2 cm³/mol. The second kappa shape index (κ2) is 6.87. The zero-order valence-electron chi connectivity index (χ0n) is 11.2. The number of nitrogens with one attached hydrogen (secondary N) is 1. The molecule has 19 heavy (non-hydrogen) atoms. The predicted octanol–water partition coefficient (Wildman–Crippen LogP) is 4.20. The molecule has 0 radical (unpaired) electrons. The average Bonchev–Trinajstić information content (AvgIpc) is 2.92. The van der Waals surface area contributed by atoms with Crippen LogP contribution in [0.15, 0.2) is 35.5 Å². The number of anilines is 1. The Bertz CT molecular complexity index is 509. The van der Waals surface area contributed by atoms with E-state index in [9.17, 15) is 0 Å². The van der Waals surface area contributed by atoms with Crippen LogP contribution in [0.5, 0.6) is 0 Å². The third kappa shape index (κ3) is 3.67. The Morgan fingerprint density at radius 1 is 1.32 bits per heavy atom. The summed E-state index contributed by atoms with van der Waals surface area (Å²) in [5, 5.41) is 0.806. The first-order chi connectivity index (χ1) is 9.24. The van der Waals surface area contributed by atoms with Crippen molar-refractivity contribution in [1.82, 2.24) is 9.97 Å². The number of imidazole rings is 1. The number of nitrogens with zero attached hydrogens (tertiary/aromatic N) is 2. The molecular formula is C14H18ClN3S. The van der Waals surface area contributed by atoms with Crippen molar-refractivity contribution in [2.75, 3.05) is 18.0 Å². The fourth-order valence-corrected chi connectivity index (χ4v) is 3.06. The fourth-order valence-electron chi connectivity index (χ4n) is 1.92. The number of hydrogen-bond donors (Lipinski definition) is 1. The monoisotopic (exact) mass is 295 g/mol. The van der Waals surface area contributed by atoms with E-state index in [0.717, 1.165) is 34.6 Å². The number of hydrogen-bond acceptors (Lipinski definition) is 3. The van der Waals surface area contributed by atoms with Crippen molar-refractivity contribution in [3.05, 3.63) is 41.4 Å². The molecule has 3 nitrogen and oxygen atoms in total. The number of H-pyrrole nitrogens is 1. The zero-order chi connectivity index (χ0) is 13.7. The fraction of sp³-hybridized carbons (Fsp3) is 0.357. The van der Waals surface area contributed by atoms with Crippen LogP contribution in [0.4, 0.5) is 5.69 Å². The highest BCUT2D eigenvalue weighted by Gasteiger charge is 2.07. The zero-order valence-corrected chi connectivity index (χ0v) is 12.8. The van der Waals surface area contributed by atoms with Gasteiger partial charge in [0.2, 0.25) is 0 Å². The normalized spacial score (nSPS) is 10.7. The van der Waals surface area contributed by atoms with Crippen molar-refractivity contribution < 1.29 is 0 Å². The highest BCUT2D eigenvalue weighted by Crippen LogP contribution is 2.32. The van der Waals surface area contributed by atoms with Crippen molar-refractivity contribution in [3.63, 3.8) is 0 Å². The summed E-state index contributed by atoms with van der Waals surface area (Å²) >= 11 is 8.05. The maximum atomic E-state index is 6.35. The molecule has 0 spiro atoms. The van der Waals surface area contributed by atoms with E-state index in [-0.39, 0.29) is 0 Å². The van der Waals surface area contributed by atoms with Crippen molar-refractivity contribution in [3.8, 4) is 0 Å². The van der Waals surface area contributed by atoms with Gasteiger partial charge in [-0.1, -0.05) is 11.6 Å². The second-order valence-electron chi connectivity index (χ2n) is 4.11. The largest absolute Gasteiger partial charge is 0.372 e. The summed E-state index contributed by atoms with van der Waals surface area (Å²) in [4.78, 5) is 10.7. The molecule has 1 heterocycles. The summed E-state index contributed by atoms with van der Waals surface area (Å²) in [5.74, 6) is 1.77. The van der Waals surface area contributed by atoms with Gasteiger partial charge < -0.3 is 9.88 Å². The van der Waals surface area contributed by atoms with Gasteiger partial charge in [0.05, 0.1) is 10.8 Å². The smallest absolute Gasteiger partial charge is 0.116 e. The Balaban J connectivity index is 2.06. The maximum Gasteiger partial charge on any atom is 0.116 e. The molecule has 1 aromatic carbocycles. The van der Waals surface area contributed by atoms with Gasteiger partial charge in [0, 0.05) is 36.1 Å². The molecular weight excluding hydrogens is 278 g/mol. The van der Waals surface area contributed by atoms with E-state index >= 15 is 0 Å². The molecule has 1 N–H and O–H groups in total. The molecule has 0 bridgehead atoms. The second-order valence-corrected chi connectivity index (χ2v) is 5.54. The summed E-state index contributed by atoms with van der Waals surface area (Å²) in [5.41, 5.74) is 1.18. The molecule has 0 saturated carbocycles. The van der Waals surface area contributed by atoms with Crippen LogP contribution in [0, 0.1) is 0 Å². The van der Waals surface area contributed by atoms with Crippen LogP contribution in [0.2, 0.25) is 5.02 Å². The summed E-state index contributed by atoms with van der Waals surface area (Å²) in [6.45, 7) is 6.28. The van der Waals surface area contributed by atoms with Crippen molar-refractivity contribution in [1.29, 1.82) is 0 Å². The lowest BCUT2D eigenvalue weighted by Gasteiger charge is -2.21. The number of thioether (sulfide) groups is 1. The molecule has 0 unspecified atom stereocenters. The molecule has 0 aliphatic heterocycles. The van der Waals surface area contributed by atoms with Crippen molar-refractivity contribution in [2.24, 2.45) is 0 Å². The van der Waals surface area contributed by atoms with Gasteiger partial charge in [-0.2, -0.15) is 0 Å². The van der Waals surface area contributed by atoms with E-state index in [1.54, 1.807) is 18.0 Å². The van der Waals surface area contributed by atoms with Crippen LogP contribution in [0.1, 0.15) is 19.7 Å². The van der Waals surface area contributed by atoms with Crippen LogP contribution in [0.3, 0.4) is 0 Å². The summed E-state index contributed by atoms with van der Waals surface area (Å²) in [7, 11) is 0. The number of aromatic amines is 1. The van der Waals surface area contributed by atoms with E-state index in [0.29, 0.717) is 0 Å². The average molecular weight is 296 g/mol. The van der Waals surface area contributed by atoms with E-state index in [2.05, 4.69) is 40.8 Å². The number of benzene rings is 1. The van der Waals surface area contributed by atoms with E-state index in [4.69, 9.17) is 11.6 Å². The Kier molecular flexibility index (Phi) is 5.16. The molecule has 0 fully saturated rings. The van der Waals surface area contributed by atoms with Crippen molar-refractivity contribution in [2.45, 2.75) is 24.5 Å². The number of rotatable bonds is 6. The van der Waals surface area contributed by atoms with Gasteiger partial charge in [-0.3, -0.25) is 0 Å². The third-order valence-corrected chi connectivity index (χ3v) is 4.47. The first-order valence-corrected chi connectivity index (χ1v) is 7.76. The van der Waals surface area contributed by atoms with Crippen LogP contribution < -0.4 is 4.90 Å². The molecule has 0 amide bonds. The molecule has 5 heteroatoms. The van der Waals surface area contributed by atoms with E-state index < -0.39 is 0 Å². The lowest BCUT2D eigenvalue weighted by molar-refractivity contribution is 0.865. The molecule has 2 rings (SSSR count). The maximum absolute atomic E-state index is 6.35. The summed E-state index contributed by atoms with van der Waals surface area (Å²) < 4.78 is 0. The Labute approximate surface area is 123 Å². The van der Waals surface area contributed by atoms with Crippen molar-refractivity contribution >= 4 is 29.1 Å². The molecule has 0 atom stereocenters. The van der Waals surface area contributed by atoms with E-state index in [1.165, 1.54) is 5.69 Å². The van der Waals surface area contributed by atoms with Gasteiger partial charge in [0.25, 0.3) is 0 Å². The van der Waals surface area contributed by atoms with Crippen LogP contribution in [-0.2, 0) is 5.75 Å². The minimum Gasteiger partial charge on any atom is -0.372 e. The van der Waals surface area contributed by atoms with Gasteiger partial charge in [-0.15, -0.1) is 11.8 Å². The Hall–Kier alpha value is -1.13.